The Morgan fingerprint density at radius 2 is 2.03 bits per heavy atom. The van der Waals surface area contributed by atoms with Crippen LogP contribution in [0, 0.1) is 17.2 Å². The molecule has 3 heterocycles. The maximum Gasteiger partial charge on any atom is 0.258 e. The second-order valence-electron chi connectivity index (χ2n) is 8.08. The molecular formula is C24H22N4O2. The van der Waals surface area contributed by atoms with Gasteiger partial charge in [-0.25, -0.2) is 0 Å². The van der Waals surface area contributed by atoms with Crippen LogP contribution < -0.4 is 5.32 Å². The van der Waals surface area contributed by atoms with Gasteiger partial charge in [-0.05, 0) is 23.3 Å². The predicted octanol–water partition coefficient (Wildman–Crippen LogP) is 2.56. The number of hydrogen-bond donors (Lipinski definition) is 1. The van der Waals surface area contributed by atoms with Gasteiger partial charge in [0.1, 0.15) is 0 Å². The molecule has 0 spiro atoms. The summed E-state index contributed by atoms with van der Waals surface area (Å²) < 4.78 is 2.02. The lowest BCUT2D eigenvalue weighted by Crippen LogP contribution is -2.30. The number of Topliss-reactive ketones (excluding diaryl/α,β-unsaturated/α-hetero) is 1. The Hall–Kier alpha value is -3.43. The van der Waals surface area contributed by atoms with E-state index in [0.29, 0.717) is 18.7 Å². The number of aryl methyl sites for hydroxylation is 1. The first kappa shape index (κ1) is 18.6. The van der Waals surface area contributed by atoms with Gasteiger partial charge in [0.15, 0.2) is 5.78 Å². The standard InChI is InChI=1S/C24H22N4O2/c1-27-13-17(16-5-3-4-6-18(16)27)21-22-19(11-14(7-9-25)23(21)29)28(2)24(30)20(22)15-8-10-26-12-15/h3-6,8,11,13-14,21,26H,7,10,12H2,1-2H3. The minimum atomic E-state index is -0.570. The number of aromatic nitrogens is 1. The molecule has 1 aromatic heterocycles. The van der Waals surface area contributed by atoms with E-state index in [0.717, 1.165) is 33.3 Å². The van der Waals surface area contributed by atoms with E-state index < -0.39 is 11.8 Å². The second-order valence-corrected chi connectivity index (χ2v) is 8.08. The zero-order valence-electron chi connectivity index (χ0n) is 17.0. The predicted molar refractivity (Wildman–Crippen MR) is 113 cm³/mol. The van der Waals surface area contributed by atoms with Crippen LogP contribution in [-0.2, 0) is 16.6 Å². The molecule has 1 aliphatic carbocycles. The first-order valence-corrected chi connectivity index (χ1v) is 10.1. The highest BCUT2D eigenvalue weighted by atomic mass is 16.2. The smallest absolute Gasteiger partial charge is 0.258 e. The fourth-order valence-electron chi connectivity index (χ4n) is 4.97. The molecule has 1 amide bonds. The van der Waals surface area contributed by atoms with Crippen molar-refractivity contribution in [3.05, 3.63) is 70.6 Å². The van der Waals surface area contributed by atoms with Gasteiger partial charge in [-0.1, -0.05) is 24.3 Å². The number of ketones is 1. The number of para-hydroxylation sites is 1. The van der Waals surface area contributed by atoms with Crippen LogP contribution in [0.3, 0.4) is 0 Å². The summed E-state index contributed by atoms with van der Waals surface area (Å²) >= 11 is 0. The Balaban J connectivity index is 1.81. The van der Waals surface area contributed by atoms with Crippen molar-refractivity contribution in [2.75, 3.05) is 20.1 Å². The summed E-state index contributed by atoms with van der Waals surface area (Å²) in [6.07, 6.45) is 5.95. The van der Waals surface area contributed by atoms with E-state index in [9.17, 15) is 14.9 Å². The molecule has 2 unspecified atom stereocenters. The van der Waals surface area contributed by atoms with Gasteiger partial charge in [0.2, 0.25) is 0 Å². The van der Waals surface area contributed by atoms with Crippen LogP contribution >= 0.6 is 0 Å². The van der Waals surface area contributed by atoms with Gasteiger partial charge in [0.25, 0.3) is 5.91 Å². The van der Waals surface area contributed by atoms with E-state index in [1.54, 1.807) is 11.9 Å². The van der Waals surface area contributed by atoms with E-state index in [-0.39, 0.29) is 18.1 Å². The lowest BCUT2D eigenvalue weighted by molar-refractivity contribution is -0.124. The van der Waals surface area contributed by atoms with Gasteiger partial charge >= 0.3 is 0 Å². The van der Waals surface area contributed by atoms with Crippen molar-refractivity contribution in [3.8, 4) is 6.07 Å². The van der Waals surface area contributed by atoms with E-state index >= 15 is 0 Å². The average Bonchev–Trinajstić information content (AvgIpc) is 3.43. The summed E-state index contributed by atoms with van der Waals surface area (Å²) in [7, 11) is 3.72. The summed E-state index contributed by atoms with van der Waals surface area (Å²) in [5.74, 6) is -1.19. The molecule has 0 bridgehead atoms. The van der Waals surface area contributed by atoms with Crippen LogP contribution in [-0.4, -0.2) is 41.3 Å². The third-order valence-electron chi connectivity index (χ3n) is 6.40. The fourth-order valence-corrected chi connectivity index (χ4v) is 4.97. The highest BCUT2D eigenvalue weighted by molar-refractivity contribution is 6.10. The molecule has 0 saturated heterocycles. The fraction of sp³-hybridized carbons (Fsp3) is 0.292. The number of hydrogen-bond acceptors (Lipinski definition) is 4. The Kier molecular flexibility index (Phi) is 4.23. The molecule has 0 radical (unpaired) electrons. The number of nitrogens with zero attached hydrogens (tertiary/aromatic N) is 3. The van der Waals surface area contributed by atoms with Crippen molar-refractivity contribution >= 4 is 22.6 Å². The molecule has 6 heteroatoms. The SMILES string of the molecule is CN1C(=O)C(C2=CCNC2)=C2C1=CC(CC#N)C(=O)C2c1cn(C)c2ccccc12. The quantitative estimate of drug-likeness (QED) is 0.862. The van der Waals surface area contributed by atoms with Crippen LogP contribution in [0.2, 0.25) is 0 Å². The molecule has 0 fully saturated rings. The molecule has 6 nitrogen and oxygen atoms in total. The number of rotatable bonds is 3. The maximum atomic E-state index is 13.7. The molecule has 5 rings (SSSR count). The summed E-state index contributed by atoms with van der Waals surface area (Å²) in [5, 5.41) is 13.6. The topological polar surface area (TPSA) is 78.1 Å². The van der Waals surface area contributed by atoms with E-state index in [1.807, 2.05) is 54.2 Å². The van der Waals surface area contributed by atoms with Gasteiger partial charge in [0, 0.05) is 62.0 Å². The number of fused-ring (bicyclic) bond motifs is 2. The monoisotopic (exact) mass is 398 g/mol. The summed E-state index contributed by atoms with van der Waals surface area (Å²) in [5.41, 5.74) is 5.06. The zero-order valence-corrected chi connectivity index (χ0v) is 17.0. The van der Waals surface area contributed by atoms with Gasteiger partial charge in [-0.3, -0.25) is 9.59 Å². The number of likely N-dealkylation sites (N-methyl/N-ethyl adjacent to an activating group) is 1. The largest absolute Gasteiger partial charge is 0.350 e. The Morgan fingerprint density at radius 1 is 1.23 bits per heavy atom. The van der Waals surface area contributed by atoms with Crippen LogP contribution in [0.5, 0.6) is 0 Å². The lowest BCUT2D eigenvalue weighted by atomic mass is 9.74. The van der Waals surface area contributed by atoms with Crippen molar-refractivity contribution in [1.29, 1.82) is 5.26 Å². The first-order chi connectivity index (χ1) is 14.5. The van der Waals surface area contributed by atoms with E-state index in [1.165, 1.54) is 0 Å². The number of carbonyl (C=O) groups excluding carboxylic acids is 2. The third-order valence-corrected chi connectivity index (χ3v) is 6.40. The molecule has 30 heavy (non-hydrogen) atoms. The molecule has 2 aromatic rings. The van der Waals surface area contributed by atoms with Crippen molar-refractivity contribution in [2.45, 2.75) is 12.3 Å². The Labute approximate surface area is 174 Å². The molecule has 0 saturated carbocycles. The minimum Gasteiger partial charge on any atom is -0.350 e. The van der Waals surface area contributed by atoms with E-state index in [4.69, 9.17) is 0 Å². The van der Waals surface area contributed by atoms with Gasteiger partial charge in [0.05, 0.1) is 23.5 Å². The molecule has 2 atom stereocenters. The van der Waals surface area contributed by atoms with Crippen molar-refractivity contribution in [1.82, 2.24) is 14.8 Å². The summed E-state index contributed by atoms with van der Waals surface area (Å²) in [6.45, 7) is 1.33. The summed E-state index contributed by atoms with van der Waals surface area (Å²) in [4.78, 5) is 28.6. The molecule has 3 aliphatic rings. The molecule has 1 aromatic carbocycles. The number of benzene rings is 1. The van der Waals surface area contributed by atoms with Gasteiger partial charge in [-0.15, -0.1) is 0 Å². The highest BCUT2D eigenvalue weighted by Gasteiger charge is 2.46. The molecule has 2 aliphatic heterocycles. The second kappa shape index (κ2) is 6.82. The highest BCUT2D eigenvalue weighted by Crippen LogP contribution is 2.48. The molecular weight excluding hydrogens is 376 g/mol. The minimum absolute atomic E-state index is 0.0150. The Morgan fingerprint density at radius 3 is 2.77 bits per heavy atom. The lowest BCUT2D eigenvalue weighted by Gasteiger charge is -2.29. The van der Waals surface area contributed by atoms with Crippen molar-refractivity contribution in [3.63, 3.8) is 0 Å². The van der Waals surface area contributed by atoms with Crippen LogP contribution in [0.25, 0.3) is 10.9 Å². The van der Waals surface area contributed by atoms with Crippen LogP contribution in [0.15, 0.2) is 65.0 Å². The normalized spacial score (nSPS) is 23.7. The number of carbonyl (C=O) groups is 2. The van der Waals surface area contributed by atoms with Crippen molar-refractivity contribution in [2.24, 2.45) is 13.0 Å². The average molecular weight is 398 g/mol. The maximum absolute atomic E-state index is 13.7. The number of nitriles is 1. The third kappa shape index (κ3) is 2.52. The first-order valence-electron chi connectivity index (χ1n) is 10.1. The summed E-state index contributed by atoms with van der Waals surface area (Å²) in [6, 6.07) is 10.1. The number of nitrogens with one attached hydrogen (secondary N) is 1. The van der Waals surface area contributed by atoms with Crippen LogP contribution in [0.4, 0.5) is 0 Å². The zero-order chi connectivity index (χ0) is 21.0. The van der Waals surface area contributed by atoms with Crippen molar-refractivity contribution < 1.29 is 9.59 Å². The number of allylic oxidation sites excluding steroid dienone is 2. The van der Waals surface area contributed by atoms with E-state index in [2.05, 4.69) is 11.4 Å². The Bertz CT molecular complexity index is 1240. The molecule has 1 N–H and O–H groups in total. The number of amides is 1. The van der Waals surface area contributed by atoms with Crippen LogP contribution in [0.1, 0.15) is 17.9 Å². The van der Waals surface area contributed by atoms with Gasteiger partial charge < -0.3 is 14.8 Å². The van der Waals surface area contributed by atoms with Gasteiger partial charge in [-0.2, -0.15) is 5.26 Å². The molecule has 150 valence electrons.